The molecular weight excluding hydrogens is 228 g/mol. The predicted octanol–water partition coefficient (Wildman–Crippen LogP) is 1.20. The Balaban J connectivity index is 1.32. The maximum Gasteiger partial charge on any atom is 0.224 e. The van der Waals surface area contributed by atoms with Gasteiger partial charge in [0.15, 0.2) is 0 Å². The van der Waals surface area contributed by atoms with Crippen molar-refractivity contribution in [2.75, 3.05) is 13.2 Å². The molecule has 3 aliphatic rings. The van der Waals surface area contributed by atoms with Crippen LogP contribution in [-0.4, -0.2) is 37.2 Å². The van der Waals surface area contributed by atoms with Gasteiger partial charge in [0.2, 0.25) is 5.91 Å². The Morgan fingerprint density at radius 1 is 1.22 bits per heavy atom. The molecule has 4 nitrogen and oxygen atoms in total. The van der Waals surface area contributed by atoms with Gasteiger partial charge in [-0.2, -0.15) is 0 Å². The van der Waals surface area contributed by atoms with Gasteiger partial charge in [-0.3, -0.25) is 4.79 Å². The van der Waals surface area contributed by atoms with Gasteiger partial charge in [-0.25, -0.2) is 0 Å². The second kappa shape index (κ2) is 5.57. The van der Waals surface area contributed by atoms with E-state index in [1.54, 1.807) is 0 Å². The van der Waals surface area contributed by atoms with Crippen LogP contribution in [0.25, 0.3) is 0 Å². The van der Waals surface area contributed by atoms with E-state index in [9.17, 15) is 4.79 Å². The van der Waals surface area contributed by atoms with Crippen LogP contribution in [-0.2, 0) is 9.53 Å². The second-order valence-corrected chi connectivity index (χ2v) is 5.96. The second-order valence-electron chi connectivity index (χ2n) is 5.96. The molecule has 3 atom stereocenters. The summed E-state index contributed by atoms with van der Waals surface area (Å²) in [6.45, 7) is 1.34. The molecule has 1 amide bonds. The molecule has 3 unspecified atom stereocenters. The number of amides is 1. The van der Waals surface area contributed by atoms with Gasteiger partial charge in [0, 0.05) is 18.6 Å². The average molecular weight is 252 g/mol. The summed E-state index contributed by atoms with van der Waals surface area (Å²) >= 11 is 0. The first kappa shape index (κ1) is 12.4. The number of fused-ring (bicyclic) bond motifs is 2. The lowest BCUT2D eigenvalue weighted by Crippen LogP contribution is -2.39. The Kier molecular flexibility index (Phi) is 3.85. The fraction of sp³-hybridized carbons (Fsp3) is 0.929. The molecule has 2 aliphatic heterocycles. The third-order valence-corrected chi connectivity index (χ3v) is 4.69. The van der Waals surface area contributed by atoms with Gasteiger partial charge in [0.05, 0.1) is 18.6 Å². The molecule has 2 heterocycles. The molecule has 3 fully saturated rings. The number of carbonyl (C=O) groups is 1. The van der Waals surface area contributed by atoms with Gasteiger partial charge in [0.25, 0.3) is 0 Å². The monoisotopic (exact) mass is 252 g/mol. The highest BCUT2D eigenvalue weighted by atomic mass is 16.5. The van der Waals surface area contributed by atoms with E-state index in [1.807, 2.05) is 0 Å². The quantitative estimate of drug-likeness (QED) is 0.723. The molecule has 2 bridgehead atoms. The Hall–Kier alpha value is -0.610. The van der Waals surface area contributed by atoms with Crippen LogP contribution in [0.4, 0.5) is 0 Å². The van der Waals surface area contributed by atoms with Crippen molar-refractivity contribution >= 4 is 5.91 Å². The largest absolute Gasteiger partial charge is 0.376 e. The summed E-state index contributed by atoms with van der Waals surface area (Å²) in [5, 5.41) is 6.53. The minimum Gasteiger partial charge on any atom is -0.376 e. The molecule has 0 radical (unpaired) electrons. The molecule has 18 heavy (non-hydrogen) atoms. The minimum atomic E-state index is 0.204. The highest BCUT2D eigenvalue weighted by Crippen LogP contribution is 2.33. The van der Waals surface area contributed by atoms with Gasteiger partial charge in [-0.15, -0.1) is 0 Å². The molecule has 0 aromatic heterocycles. The number of hydrogen-bond donors (Lipinski definition) is 2. The standard InChI is InChI=1S/C14H24N2O2/c17-14(12-9-10-5-6-13(12)16-10)15-7-8-18-11-3-1-2-4-11/h10-13,16H,1-9H2,(H,15,17). The molecule has 0 aromatic rings. The number of carbonyl (C=O) groups excluding carboxylic acids is 1. The number of rotatable bonds is 5. The summed E-state index contributed by atoms with van der Waals surface area (Å²) in [4.78, 5) is 12.0. The van der Waals surface area contributed by atoms with Crippen LogP contribution in [0.1, 0.15) is 44.9 Å². The molecular formula is C14H24N2O2. The van der Waals surface area contributed by atoms with Crippen LogP contribution in [0.3, 0.4) is 0 Å². The maximum atomic E-state index is 12.0. The van der Waals surface area contributed by atoms with Crippen molar-refractivity contribution in [1.29, 1.82) is 0 Å². The predicted molar refractivity (Wildman–Crippen MR) is 69.3 cm³/mol. The highest BCUT2D eigenvalue weighted by molar-refractivity contribution is 5.80. The van der Waals surface area contributed by atoms with E-state index < -0.39 is 0 Å². The van der Waals surface area contributed by atoms with Crippen molar-refractivity contribution in [1.82, 2.24) is 10.6 Å². The Bertz CT molecular complexity index is 302. The Morgan fingerprint density at radius 3 is 2.72 bits per heavy atom. The lowest BCUT2D eigenvalue weighted by Gasteiger charge is -2.19. The smallest absolute Gasteiger partial charge is 0.224 e. The van der Waals surface area contributed by atoms with E-state index in [-0.39, 0.29) is 11.8 Å². The number of nitrogens with one attached hydrogen (secondary N) is 2. The maximum absolute atomic E-state index is 12.0. The van der Waals surface area contributed by atoms with Gasteiger partial charge >= 0.3 is 0 Å². The first-order valence-electron chi connectivity index (χ1n) is 7.48. The average Bonchev–Trinajstić information content (AvgIpc) is 3.10. The lowest BCUT2D eigenvalue weighted by atomic mass is 9.88. The molecule has 1 aliphatic carbocycles. The van der Waals surface area contributed by atoms with E-state index in [2.05, 4.69) is 10.6 Å². The van der Waals surface area contributed by atoms with Crippen LogP contribution in [0, 0.1) is 5.92 Å². The normalized spacial score (nSPS) is 35.2. The van der Waals surface area contributed by atoms with Crippen molar-refractivity contribution in [2.45, 2.75) is 63.1 Å². The topological polar surface area (TPSA) is 50.4 Å². The van der Waals surface area contributed by atoms with Crippen molar-refractivity contribution in [3.63, 3.8) is 0 Å². The van der Waals surface area contributed by atoms with Crippen LogP contribution < -0.4 is 10.6 Å². The highest BCUT2D eigenvalue weighted by Gasteiger charge is 2.42. The molecule has 1 saturated carbocycles. The van der Waals surface area contributed by atoms with Gasteiger partial charge in [-0.05, 0) is 32.1 Å². The lowest BCUT2D eigenvalue weighted by molar-refractivity contribution is -0.125. The molecule has 102 valence electrons. The first-order valence-corrected chi connectivity index (χ1v) is 7.48. The summed E-state index contributed by atoms with van der Waals surface area (Å²) in [5.74, 6) is 0.431. The summed E-state index contributed by atoms with van der Waals surface area (Å²) in [6.07, 6.45) is 8.89. The van der Waals surface area contributed by atoms with Gasteiger partial charge < -0.3 is 15.4 Å². The summed E-state index contributed by atoms with van der Waals surface area (Å²) in [6, 6.07) is 1.03. The third kappa shape index (κ3) is 2.69. The Labute approximate surface area is 109 Å². The fourth-order valence-corrected chi connectivity index (χ4v) is 3.70. The molecule has 2 saturated heterocycles. The van der Waals surface area contributed by atoms with Crippen molar-refractivity contribution in [2.24, 2.45) is 5.92 Å². The molecule has 4 heteroatoms. The summed E-state index contributed by atoms with van der Waals surface area (Å²) in [5.41, 5.74) is 0. The van der Waals surface area contributed by atoms with Crippen LogP contribution >= 0.6 is 0 Å². The fourth-order valence-electron chi connectivity index (χ4n) is 3.70. The summed E-state index contributed by atoms with van der Waals surface area (Å²) in [7, 11) is 0. The van der Waals surface area contributed by atoms with Crippen molar-refractivity contribution in [3.8, 4) is 0 Å². The number of hydrogen-bond acceptors (Lipinski definition) is 3. The molecule has 2 N–H and O–H groups in total. The van der Waals surface area contributed by atoms with Crippen molar-refractivity contribution in [3.05, 3.63) is 0 Å². The van der Waals surface area contributed by atoms with E-state index >= 15 is 0 Å². The zero-order valence-corrected chi connectivity index (χ0v) is 11.0. The molecule has 0 aromatic carbocycles. The van der Waals surface area contributed by atoms with E-state index in [0.717, 1.165) is 6.42 Å². The first-order chi connectivity index (χ1) is 8.83. The van der Waals surface area contributed by atoms with E-state index in [4.69, 9.17) is 4.74 Å². The zero-order chi connectivity index (χ0) is 12.4. The Morgan fingerprint density at radius 2 is 2.06 bits per heavy atom. The van der Waals surface area contributed by atoms with Crippen LogP contribution in [0.2, 0.25) is 0 Å². The van der Waals surface area contributed by atoms with Crippen LogP contribution in [0.5, 0.6) is 0 Å². The molecule has 0 spiro atoms. The third-order valence-electron chi connectivity index (χ3n) is 4.69. The van der Waals surface area contributed by atoms with Crippen LogP contribution in [0.15, 0.2) is 0 Å². The van der Waals surface area contributed by atoms with E-state index in [1.165, 1.54) is 38.5 Å². The van der Waals surface area contributed by atoms with E-state index in [0.29, 0.717) is 31.3 Å². The zero-order valence-electron chi connectivity index (χ0n) is 11.0. The van der Waals surface area contributed by atoms with Crippen molar-refractivity contribution < 1.29 is 9.53 Å². The number of ether oxygens (including phenoxy) is 1. The SMILES string of the molecule is O=C(NCCOC1CCCC1)C1CC2CCC1N2. The summed E-state index contributed by atoms with van der Waals surface area (Å²) < 4.78 is 5.75. The van der Waals surface area contributed by atoms with Gasteiger partial charge in [0.1, 0.15) is 0 Å². The van der Waals surface area contributed by atoms with Gasteiger partial charge in [-0.1, -0.05) is 12.8 Å². The molecule has 3 rings (SSSR count). The minimum absolute atomic E-state index is 0.204.